The average molecular weight is 252 g/mol. The fourth-order valence-electron chi connectivity index (χ4n) is 1.45. The summed E-state index contributed by atoms with van der Waals surface area (Å²) in [4.78, 5) is 21.6. The lowest BCUT2D eigenvalue weighted by Gasteiger charge is -2.11. The molecule has 0 spiro atoms. The number of amides is 1. The van der Waals surface area contributed by atoms with E-state index in [9.17, 15) is 13.6 Å². The summed E-state index contributed by atoms with van der Waals surface area (Å²) in [5.74, 6) is -2.76. The highest BCUT2D eigenvalue weighted by molar-refractivity contribution is 5.94. The van der Waals surface area contributed by atoms with Crippen LogP contribution in [0.5, 0.6) is 0 Å². The van der Waals surface area contributed by atoms with Gasteiger partial charge in [0.05, 0.1) is 11.6 Å². The van der Waals surface area contributed by atoms with Crippen molar-refractivity contribution in [3.63, 3.8) is 0 Å². The minimum Gasteiger partial charge on any atom is -0.347 e. The first-order valence-corrected chi connectivity index (χ1v) is 5.19. The average Bonchev–Trinajstić information content (AvgIpc) is 2.86. The fourth-order valence-corrected chi connectivity index (χ4v) is 1.45. The molecule has 7 heteroatoms. The summed E-state index contributed by atoms with van der Waals surface area (Å²) in [6.07, 6.45) is 4.17. The number of aromatic nitrogens is 3. The van der Waals surface area contributed by atoms with Crippen molar-refractivity contribution >= 4 is 5.91 Å². The number of halogens is 2. The quantitative estimate of drug-likeness (QED) is 0.814. The minimum absolute atomic E-state index is 0.388. The molecule has 1 amide bonds. The van der Waals surface area contributed by atoms with E-state index in [-0.39, 0.29) is 5.56 Å². The lowest BCUT2D eigenvalue weighted by Crippen LogP contribution is -2.28. The Hall–Kier alpha value is -2.31. The number of imidazole rings is 1. The monoisotopic (exact) mass is 252 g/mol. The van der Waals surface area contributed by atoms with Crippen LogP contribution in [-0.2, 0) is 0 Å². The summed E-state index contributed by atoms with van der Waals surface area (Å²) in [7, 11) is 0. The number of hydrogen-bond donors (Lipinski definition) is 2. The van der Waals surface area contributed by atoms with Gasteiger partial charge in [-0.15, -0.1) is 0 Å². The summed E-state index contributed by atoms with van der Waals surface area (Å²) >= 11 is 0. The molecule has 2 aromatic rings. The summed E-state index contributed by atoms with van der Waals surface area (Å²) in [6, 6.07) is 0.672. The van der Waals surface area contributed by atoms with E-state index >= 15 is 0 Å². The van der Waals surface area contributed by atoms with Gasteiger partial charge in [-0.25, -0.2) is 14.4 Å². The Labute approximate surface area is 101 Å². The number of H-pyrrole nitrogens is 1. The van der Waals surface area contributed by atoms with Gasteiger partial charge in [0.25, 0.3) is 5.91 Å². The lowest BCUT2D eigenvalue weighted by atomic mass is 10.2. The Morgan fingerprint density at radius 1 is 1.39 bits per heavy atom. The zero-order valence-electron chi connectivity index (χ0n) is 9.45. The van der Waals surface area contributed by atoms with E-state index in [2.05, 4.69) is 20.3 Å². The Morgan fingerprint density at radius 2 is 2.17 bits per heavy atom. The fraction of sp³-hybridized carbons (Fsp3) is 0.182. The number of nitrogens with zero attached hydrogens (tertiary/aromatic N) is 2. The Morgan fingerprint density at radius 3 is 2.83 bits per heavy atom. The number of aromatic amines is 1. The molecule has 0 saturated heterocycles. The van der Waals surface area contributed by atoms with Gasteiger partial charge >= 0.3 is 0 Å². The van der Waals surface area contributed by atoms with E-state index in [4.69, 9.17) is 0 Å². The molecule has 2 N–H and O–H groups in total. The SMILES string of the molecule is CC(NC(=O)c1ccnc(F)c1F)c1ncc[nH]1. The van der Waals surface area contributed by atoms with Crippen LogP contribution in [0.3, 0.4) is 0 Å². The summed E-state index contributed by atoms with van der Waals surface area (Å²) in [5.41, 5.74) is -0.388. The van der Waals surface area contributed by atoms with Crippen molar-refractivity contribution in [3.8, 4) is 0 Å². The van der Waals surface area contributed by atoms with Crippen LogP contribution in [-0.4, -0.2) is 20.9 Å². The largest absolute Gasteiger partial charge is 0.347 e. The van der Waals surface area contributed by atoms with Crippen molar-refractivity contribution < 1.29 is 13.6 Å². The third-order valence-electron chi connectivity index (χ3n) is 2.37. The number of pyridine rings is 1. The molecule has 0 fully saturated rings. The number of carbonyl (C=O) groups excluding carboxylic acids is 1. The summed E-state index contributed by atoms with van der Waals surface area (Å²) in [5, 5.41) is 2.50. The molecule has 94 valence electrons. The summed E-state index contributed by atoms with van der Waals surface area (Å²) < 4.78 is 26.2. The van der Waals surface area contributed by atoms with Crippen molar-refractivity contribution in [3.05, 3.63) is 47.8 Å². The standard InChI is InChI=1S/C11H10F2N4O/c1-6(10-15-4-5-16-10)17-11(18)7-2-3-14-9(13)8(7)12/h2-6H,1H3,(H,15,16)(H,17,18). The molecule has 0 aromatic carbocycles. The van der Waals surface area contributed by atoms with Crippen molar-refractivity contribution in [1.29, 1.82) is 0 Å². The third kappa shape index (κ3) is 2.34. The zero-order chi connectivity index (χ0) is 13.1. The molecule has 1 unspecified atom stereocenters. The molecule has 0 aliphatic rings. The van der Waals surface area contributed by atoms with Gasteiger partial charge in [0.15, 0.2) is 5.82 Å². The van der Waals surface area contributed by atoms with E-state index in [1.807, 2.05) is 0 Å². The molecule has 18 heavy (non-hydrogen) atoms. The van der Waals surface area contributed by atoms with E-state index in [1.54, 1.807) is 13.1 Å². The third-order valence-corrected chi connectivity index (χ3v) is 2.37. The van der Waals surface area contributed by atoms with Gasteiger partial charge in [-0.1, -0.05) is 0 Å². The van der Waals surface area contributed by atoms with Crippen LogP contribution in [0.2, 0.25) is 0 Å². The van der Waals surface area contributed by atoms with E-state index < -0.39 is 23.7 Å². The second kappa shape index (κ2) is 4.91. The van der Waals surface area contributed by atoms with Crippen LogP contribution in [0.1, 0.15) is 29.1 Å². The van der Waals surface area contributed by atoms with Crippen molar-refractivity contribution in [2.24, 2.45) is 0 Å². The van der Waals surface area contributed by atoms with E-state index in [0.717, 1.165) is 12.3 Å². The Bertz CT molecular complexity index is 556. The maximum Gasteiger partial charge on any atom is 0.255 e. The minimum atomic E-state index is -1.30. The molecule has 5 nitrogen and oxygen atoms in total. The predicted molar refractivity (Wildman–Crippen MR) is 58.6 cm³/mol. The van der Waals surface area contributed by atoms with Crippen LogP contribution < -0.4 is 5.32 Å². The van der Waals surface area contributed by atoms with Crippen molar-refractivity contribution in [2.45, 2.75) is 13.0 Å². The number of hydrogen-bond acceptors (Lipinski definition) is 3. The van der Waals surface area contributed by atoms with Gasteiger partial charge in [-0.3, -0.25) is 4.79 Å². The molecule has 2 rings (SSSR count). The topological polar surface area (TPSA) is 70.7 Å². The predicted octanol–water partition coefficient (Wildman–Crippen LogP) is 1.57. The van der Waals surface area contributed by atoms with E-state index in [1.165, 1.54) is 6.20 Å². The maximum absolute atomic E-state index is 13.3. The Kier molecular flexibility index (Phi) is 3.31. The molecular formula is C11H10F2N4O. The molecule has 0 saturated carbocycles. The van der Waals surface area contributed by atoms with Gasteiger partial charge in [-0.05, 0) is 13.0 Å². The van der Waals surface area contributed by atoms with Gasteiger partial charge in [0.2, 0.25) is 5.95 Å². The zero-order valence-corrected chi connectivity index (χ0v) is 9.45. The van der Waals surface area contributed by atoms with Gasteiger partial charge in [0.1, 0.15) is 5.82 Å². The van der Waals surface area contributed by atoms with Crippen LogP contribution in [0.15, 0.2) is 24.7 Å². The molecule has 0 bridgehead atoms. The highest BCUT2D eigenvalue weighted by Crippen LogP contribution is 2.11. The van der Waals surface area contributed by atoms with Crippen LogP contribution in [0, 0.1) is 11.8 Å². The highest BCUT2D eigenvalue weighted by atomic mass is 19.2. The number of rotatable bonds is 3. The Balaban J connectivity index is 2.15. The second-order valence-corrected chi connectivity index (χ2v) is 3.63. The molecule has 2 aromatic heterocycles. The first kappa shape index (κ1) is 12.2. The first-order valence-electron chi connectivity index (χ1n) is 5.19. The molecule has 0 aliphatic carbocycles. The summed E-state index contributed by atoms with van der Waals surface area (Å²) in [6.45, 7) is 1.67. The molecule has 0 aliphatic heterocycles. The van der Waals surface area contributed by atoms with Crippen LogP contribution >= 0.6 is 0 Å². The molecule has 0 radical (unpaired) electrons. The van der Waals surface area contributed by atoms with Crippen molar-refractivity contribution in [1.82, 2.24) is 20.3 Å². The first-order chi connectivity index (χ1) is 8.59. The molecular weight excluding hydrogens is 242 g/mol. The van der Waals surface area contributed by atoms with Crippen molar-refractivity contribution in [2.75, 3.05) is 0 Å². The maximum atomic E-state index is 13.3. The van der Waals surface area contributed by atoms with Gasteiger partial charge in [-0.2, -0.15) is 4.39 Å². The molecule has 1 atom stereocenters. The normalized spacial score (nSPS) is 12.2. The number of carbonyl (C=O) groups is 1. The van der Waals surface area contributed by atoms with Gasteiger partial charge in [0, 0.05) is 18.6 Å². The van der Waals surface area contributed by atoms with Crippen LogP contribution in [0.25, 0.3) is 0 Å². The second-order valence-electron chi connectivity index (χ2n) is 3.63. The highest BCUT2D eigenvalue weighted by Gasteiger charge is 2.18. The van der Waals surface area contributed by atoms with Crippen LogP contribution in [0.4, 0.5) is 8.78 Å². The van der Waals surface area contributed by atoms with Gasteiger partial charge < -0.3 is 10.3 Å². The van der Waals surface area contributed by atoms with E-state index in [0.29, 0.717) is 5.82 Å². The number of nitrogens with one attached hydrogen (secondary N) is 2. The smallest absolute Gasteiger partial charge is 0.255 e. The lowest BCUT2D eigenvalue weighted by molar-refractivity contribution is 0.0933. The molecule has 2 heterocycles.